The van der Waals surface area contributed by atoms with Crippen molar-refractivity contribution in [3.05, 3.63) is 34.4 Å². The summed E-state index contributed by atoms with van der Waals surface area (Å²) < 4.78 is 0. The number of hydrogen-bond donors (Lipinski definition) is 0. The molecule has 1 rings (SSSR count). The minimum absolute atomic E-state index is 0.00456. The highest BCUT2D eigenvalue weighted by Gasteiger charge is 2.32. The van der Waals surface area contributed by atoms with Crippen LogP contribution in [0.5, 0.6) is 0 Å². The number of rotatable bonds is 3. The van der Waals surface area contributed by atoms with E-state index in [-0.39, 0.29) is 11.0 Å². The van der Waals surface area contributed by atoms with E-state index in [9.17, 15) is 9.59 Å². The van der Waals surface area contributed by atoms with E-state index in [1.807, 2.05) is 53.7 Å². The first-order valence-electron chi connectivity index (χ1n) is 6.46. The highest BCUT2D eigenvalue weighted by atomic mass is 31.1. The molecule has 0 aromatic heterocycles. The Balaban J connectivity index is 3.19. The van der Waals surface area contributed by atoms with E-state index in [2.05, 4.69) is 0 Å². The molecule has 0 spiro atoms. The van der Waals surface area contributed by atoms with Gasteiger partial charge in [0.2, 0.25) is 0 Å². The molecular weight excluding hydrogens is 255 g/mol. The second kappa shape index (κ2) is 5.54. The Kier molecular flexibility index (Phi) is 4.68. The van der Waals surface area contributed by atoms with E-state index in [4.69, 9.17) is 0 Å². The number of carbonyl (C=O) groups excluding carboxylic acids is 2. The molecule has 1 aromatic rings. The van der Waals surface area contributed by atoms with Gasteiger partial charge in [-0.05, 0) is 38.6 Å². The molecule has 0 saturated heterocycles. The summed E-state index contributed by atoms with van der Waals surface area (Å²) in [5.41, 5.74) is 3.43. The van der Waals surface area contributed by atoms with Gasteiger partial charge in [0, 0.05) is 18.9 Å². The van der Waals surface area contributed by atoms with Crippen molar-refractivity contribution in [1.29, 1.82) is 0 Å². The lowest BCUT2D eigenvalue weighted by Gasteiger charge is -2.22. The van der Waals surface area contributed by atoms with Crippen molar-refractivity contribution < 1.29 is 9.59 Å². The minimum atomic E-state index is -1.29. The third-order valence-electron chi connectivity index (χ3n) is 3.14. The third-order valence-corrected chi connectivity index (χ3v) is 5.25. The van der Waals surface area contributed by atoms with Crippen LogP contribution in [0.3, 0.4) is 0 Å². The van der Waals surface area contributed by atoms with E-state index in [1.165, 1.54) is 0 Å². The Hall–Kier alpha value is -1.01. The van der Waals surface area contributed by atoms with Gasteiger partial charge in [-0.1, -0.05) is 38.5 Å². The summed E-state index contributed by atoms with van der Waals surface area (Å²) >= 11 is 0. The number of benzene rings is 1. The van der Waals surface area contributed by atoms with Crippen LogP contribution >= 0.6 is 7.92 Å². The average molecular weight is 278 g/mol. The van der Waals surface area contributed by atoms with Gasteiger partial charge in [0.25, 0.3) is 0 Å². The zero-order chi connectivity index (χ0) is 15.0. The van der Waals surface area contributed by atoms with Crippen molar-refractivity contribution in [3.8, 4) is 0 Å². The van der Waals surface area contributed by atoms with Gasteiger partial charge in [0.1, 0.15) is 0 Å². The molecule has 104 valence electrons. The molecule has 0 bridgehead atoms. The predicted molar refractivity (Wildman–Crippen MR) is 82.3 cm³/mol. The molecule has 19 heavy (non-hydrogen) atoms. The number of hydrogen-bond acceptors (Lipinski definition) is 2. The van der Waals surface area contributed by atoms with Crippen LogP contribution in [0.15, 0.2) is 12.1 Å². The van der Waals surface area contributed by atoms with E-state index < -0.39 is 13.3 Å². The molecule has 0 heterocycles. The molecule has 1 unspecified atom stereocenters. The Morgan fingerprint density at radius 2 is 1.42 bits per heavy atom. The Bertz CT molecular complexity index is 501. The first kappa shape index (κ1) is 16.0. The van der Waals surface area contributed by atoms with Crippen LogP contribution in [0.2, 0.25) is 0 Å². The molecular formula is C16H23O2P. The van der Waals surface area contributed by atoms with Crippen LogP contribution in [0.4, 0.5) is 0 Å². The topological polar surface area (TPSA) is 34.1 Å². The van der Waals surface area contributed by atoms with Gasteiger partial charge in [-0.3, -0.25) is 9.59 Å². The molecule has 0 amide bonds. The maximum Gasteiger partial charge on any atom is 0.191 e. The quantitative estimate of drug-likeness (QED) is 0.766. The average Bonchev–Trinajstić information content (AvgIpc) is 2.24. The zero-order valence-corrected chi connectivity index (χ0v) is 13.8. The van der Waals surface area contributed by atoms with Crippen LogP contribution in [0.1, 0.15) is 47.8 Å². The normalized spacial score (nSPS) is 13.2. The highest BCUT2D eigenvalue weighted by molar-refractivity contribution is 7.89. The SMILES string of the molecule is Cc1cc(C)c(C(=O)P(C)C(=O)C(C)(C)C)c(C)c1. The maximum absolute atomic E-state index is 12.6. The lowest BCUT2D eigenvalue weighted by atomic mass is 9.99. The van der Waals surface area contributed by atoms with Gasteiger partial charge in [0.15, 0.2) is 11.0 Å². The molecule has 0 N–H and O–H groups in total. The van der Waals surface area contributed by atoms with Crippen molar-refractivity contribution in [2.24, 2.45) is 5.41 Å². The van der Waals surface area contributed by atoms with Gasteiger partial charge < -0.3 is 0 Å². The van der Waals surface area contributed by atoms with Crippen molar-refractivity contribution in [2.45, 2.75) is 41.5 Å². The van der Waals surface area contributed by atoms with Crippen LogP contribution in [-0.4, -0.2) is 17.7 Å². The van der Waals surface area contributed by atoms with Crippen molar-refractivity contribution in [3.63, 3.8) is 0 Å². The fourth-order valence-electron chi connectivity index (χ4n) is 2.28. The summed E-state index contributed by atoms with van der Waals surface area (Å²) in [5.74, 6) is 0. The Labute approximate surface area is 117 Å². The van der Waals surface area contributed by atoms with Crippen molar-refractivity contribution >= 4 is 19.0 Å². The summed E-state index contributed by atoms with van der Waals surface area (Å²) in [6, 6.07) is 4.01. The first-order valence-corrected chi connectivity index (χ1v) is 8.25. The molecule has 0 aliphatic rings. The van der Waals surface area contributed by atoms with Crippen molar-refractivity contribution in [2.75, 3.05) is 6.66 Å². The van der Waals surface area contributed by atoms with Gasteiger partial charge in [-0.15, -0.1) is 0 Å². The van der Waals surface area contributed by atoms with E-state index in [1.54, 1.807) is 6.66 Å². The van der Waals surface area contributed by atoms with Crippen LogP contribution < -0.4 is 0 Å². The van der Waals surface area contributed by atoms with Crippen LogP contribution in [0, 0.1) is 26.2 Å². The molecule has 2 nitrogen and oxygen atoms in total. The Morgan fingerprint density at radius 3 is 1.79 bits per heavy atom. The predicted octanol–water partition coefficient (Wildman–Crippen LogP) is 4.44. The molecule has 1 atom stereocenters. The summed E-state index contributed by atoms with van der Waals surface area (Å²) in [5, 5.41) is 0. The fourth-order valence-corrected chi connectivity index (χ4v) is 4.16. The second-order valence-corrected chi connectivity index (χ2v) is 8.12. The summed E-state index contributed by atoms with van der Waals surface area (Å²) in [6.45, 7) is 13.3. The highest BCUT2D eigenvalue weighted by Crippen LogP contribution is 2.44. The maximum atomic E-state index is 12.6. The Morgan fingerprint density at radius 1 is 1.00 bits per heavy atom. The summed E-state index contributed by atoms with van der Waals surface area (Å²) in [4.78, 5) is 24.9. The van der Waals surface area contributed by atoms with Gasteiger partial charge in [-0.25, -0.2) is 0 Å². The molecule has 0 aliphatic carbocycles. The third kappa shape index (κ3) is 3.51. The zero-order valence-electron chi connectivity index (χ0n) is 12.9. The largest absolute Gasteiger partial charge is 0.294 e. The van der Waals surface area contributed by atoms with Gasteiger partial charge in [-0.2, -0.15) is 0 Å². The monoisotopic (exact) mass is 278 g/mol. The van der Waals surface area contributed by atoms with E-state index in [0.717, 1.165) is 22.3 Å². The van der Waals surface area contributed by atoms with Crippen LogP contribution in [0.25, 0.3) is 0 Å². The fraction of sp³-hybridized carbons (Fsp3) is 0.500. The second-order valence-electron chi connectivity index (χ2n) is 6.19. The lowest BCUT2D eigenvalue weighted by molar-refractivity contribution is -0.117. The number of carbonyl (C=O) groups is 2. The molecule has 3 heteroatoms. The smallest absolute Gasteiger partial charge is 0.191 e. The summed E-state index contributed by atoms with van der Waals surface area (Å²) in [7, 11) is -1.29. The molecule has 0 saturated carbocycles. The standard InChI is InChI=1S/C16H23O2P/c1-10-8-11(2)13(12(3)9-10)14(17)19(7)15(18)16(4,5)6/h8-9H,1-7H3. The van der Waals surface area contributed by atoms with E-state index in [0.29, 0.717) is 0 Å². The molecule has 0 fully saturated rings. The van der Waals surface area contributed by atoms with Crippen LogP contribution in [-0.2, 0) is 4.79 Å². The molecule has 0 radical (unpaired) electrons. The first-order chi connectivity index (χ1) is 8.55. The minimum Gasteiger partial charge on any atom is -0.294 e. The molecule has 0 aliphatic heterocycles. The number of aryl methyl sites for hydroxylation is 3. The van der Waals surface area contributed by atoms with Crippen molar-refractivity contribution in [1.82, 2.24) is 0 Å². The van der Waals surface area contributed by atoms with Gasteiger partial charge >= 0.3 is 0 Å². The lowest BCUT2D eigenvalue weighted by Crippen LogP contribution is -2.21. The molecule has 1 aromatic carbocycles. The van der Waals surface area contributed by atoms with Gasteiger partial charge in [0.05, 0.1) is 0 Å². The summed E-state index contributed by atoms with van der Waals surface area (Å²) in [6.07, 6.45) is 0. The van der Waals surface area contributed by atoms with E-state index >= 15 is 0 Å².